The summed E-state index contributed by atoms with van der Waals surface area (Å²) in [4.78, 5) is 8.93. The molecule has 1 unspecified atom stereocenters. The molecule has 0 heterocycles. The zero-order valence-electron chi connectivity index (χ0n) is 2.55. The molecule has 6 heavy (non-hydrogen) atoms. The lowest BCUT2D eigenvalue weighted by Gasteiger charge is -1.69. The summed E-state index contributed by atoms with van der Waals surface area (Å²) in [6.07, 6.45) is 0. The highest BCUT2D eigenvalue weighted by Crippen LogP contribution is 1.78. The molecule has 0 aliphatic heterocycles. The zero-order chi connectivity index (χ0) is 5.15. The van der Waals surface area contributed by atoms with Gasteiger partial charge in [-0.2, -0.15) is 0 Å². The van der Waals surface area contributed by atoms with Crippen molar-refractivity contribution in [1.82, 2.24) is 0 Å². The van der Waals surface area contributed by atoms with E-state index in [1.165, 1.54) is 0 Å². The lowest BCUT2D eigenvalue weighted by molar-refractivity contribution is 0.242. The highest BCUT2D eigenvalue weighted by atomic mass is 32.2. The highest BCUT2D eigenvalue weighted by Gasteiger charge is 2.01. The summed E-state index contributed by atoms with van der Waals surface area (Å²) >= 11 is -2.92. The molecule has 0 saturated carbocycles. The third-order valence-corrected chi connectivity index (χ3v) is 0.412. The van der Waals surface area contributed by atoms with Gasteiger partial charge in [-0.25, -0.2) is 9.00 Å². The van der Waals surface area contributed by atoms with Crippen molar-refractivity contribution in [3.8, 4) is 0 Å². The molecule has 0 rings (SSSR count). The van der Waals surface area contributed by atoms with Crippen molar-refractivity contribution in [2.24, 2.45) is 0 Å². The predicted octanol–water partition coefficient (Wildman–Crippen LogP) is 0.298. The minimum absolute atomic E-state index is 2.21. The van der Waals surface area contributed by atoms with Crippen LogP contribution in [0.4, 0.5) is 9.18 Å². The third kappa shape index (κ3) is 1.98. The molecule has 1 N–H and O–H groups in total. The van der Waals surface area contributed by atoms with Gasteiger partial charge in [-0.15, -0.1) is 4.39 Å². The molecule has 0 aromatic carbocycles. The predicted molar refractivity (Wildman–Crippen MR) is 17.3 cm³/mol. The Morgan fingerprint density at radius 1 is 1.83 bits per heavy atom. The number of hydrogen-bond donors (Lipinski definition) is 1. The molecule has 0 fully saturated rings. The second-order valence-corrected chi connectivity index (χ2v) is 1.31. The Kier molecular flexibility index (Phi) is 1.89. The first-order valence-electron chi connectivity index (χ1n) is 0.946. The van der Waals surface area contributed by atoms with E-state index in [-0.39, 0.29) is 0 Å². The summed E-state index contributed by atoms with van der Waals surface area (Å²) in [6.45, 7) is 0. The molecule has 5 heteroatoms. The minimum atomic E-state index is -2.92. The van der Waals surface area contributed by atoms with E-state index in [4.69, 9.17) is 13.6 Å². The SMILES string of the molecule is O=C(F)S(=O)O. The van der Waals surface area contributed by atoms with Crippen LogP contribution < -0.4 is 0 Å². The smallest absolute Gasteiger partial charge is 0.298 e. The van der Waals surface area contributed by atoms with E-state index < -0.39 is 16.4 Å². The molecule has 0 aromatic rings. The Morgan fingerprint density at radius 3 is 2.00 bits per heavy atom. The van der Waals surface area contributed by atoms with E-state index in [9.17, 15) is 4.39 Å². The van der Waals surface area contributed by atoms with Crippen LogP contribution in [0.5, 0.6) is 0 Å². The monoisotopic (exact) mass is 112 g/mol. The van der Waals surface area contributed by atoms with Crippen LogP contribution in [0.15, 0.2) is 0 Å². The molecule has 1 atom stereocenters. The summed E-state index contributed by atoms with van der Waals surface area (Å²) < 4.78 is 27.1. The molecule has 0 bridgehead atoms. The van der Waals surface area contributed by atoms with Crippen molar-refractivity contribution < 1.29 is 17.9 Å². The fourth-order valence-electron chi connectivity index (χ4n) is 0. The summed E-state index contributed by atoms with van der Waals surface area (Å²) in [5.41, 5.74) is 0. The topological polar surface area (TPSA) is 54.4 Å². The zero-order valence-corrected chi connectivity index (χ0v) is 3.37. The van der Waals surface area contributed by atoms with Crippen molar-refractivity contribution in [2.75, 3.05) is 0 Å². The Morgan fingerprint density at radius 2 is 2.00 bits per heavy atom. The summed E-state index contributed by atoms with van der Waals surface area (Å²) in [5, 5.41) is -2.21. The molecule has 36 valence electrons. The number of rotatable bonds is 0. The summed E-state index contributed by atoms with van der Waals surface area (Å²) in [5.74, 6) is 0. The maximum atomic E-state index is 10.6. The van der Waals surface area contributed by atoms with Crippen molar-refractivity contribution in [3.63, 3.8) is 0 Å². The molecular weight excluding hydrogens is 111 g/mol. The van der Waals surface area contributed by atoms with Gasteiger partial charge in [-0.3, -0.25) is 4.55 Å². The van der Waals surface area contributed by atoms with Crippen LogP contribution >= 0.6 is 0 Å². The lowest BCUT2D eigenvalue weighted by atomic mass is 11.7. The average molecular weight is 112 g/mol. The van der Waals surface area contributed by atoms with Crippen LogP contribution in [0.1, 0.15) is 0 Å². The molecule has 0 aliphatic rings. The van der Waals surface area contributed by atoms with Gasteiger partial charge in [0.2, 0.25) is 0 Å². The van der Waals surface area contributed by atoms with Crippen LogP contribution in [0, 0.1) is 0 Å². The summed E-state index contributed by atoms with van der Waals surface area (Å²) in [6, 6.07) is 0. The normalized spacial score (nSPS) is 13.7. The number of hydrogen-bond acceptors (Lipinski definition) is 2. The fraction of sp³-hybridized carbons (Fsp3) is 0. The molecule has 0 radical (unpaired) electrons. The van der Waals surface area contributed by atoms with Gasteiger partial charge >= 0.3 is 5.37 Å². The number of halogens is 1. The van der Waals surface area contributed by atoms with Crippen LogP contribution in [-0.2, 0) is 11.1 Å². The molecule has 0 aliphatic carbocycles. The van der Waals surface area contributed by atoms with Crippen molar-refractivity contribution in [2.45, 2.75) is 0 Å². The molecule has 3 nitrogen and oxygen atoms in total. The average Bonchev–Trinajstić information content (AvgIpc) is 1.36. The Hall–Kier alpha value is -0.290. The van der Waals surface area contributed by atoms with Crippen molar-refractivity contribution >= 4 is 16.4 Å². The van der Waals surface area contributed by atoms with E-state index in [0.717, 1.165) is 0 Å². The van der Waals surface area contributed by atoms with Gasteiger partial charge in [0.1, 0.15) is 0 Å². The number of carbonyl (C=O) groups is 1. The standard InChI is InChI=1S/CHFO3S/c2-1(3)6(4)5/h(H,4,5). The molecule has 0 saturated heterocycles. The van der Waals surface area contributed by atoms with E-state index in [1.54, 1.807) is 0 Å². The fourth-order valence-corrected chi connectivity index (χ4v) is 0. The second kappa shape index (κ2) is 1.99. The van der Waals surface area contributed by atoms with Crippen LogP contribution in [-0.4, -0.2) is 14.1 Å². The third-order valence-electron chi connectivity index (χ3n) is 0.137. The first-order chi connectivity index (χ1) is 2.64. The highest BCUT2D eigenvalue weighted by molar-refractivity contribution is 7.94. The minimum Gasteiger partial charge on any atom is -0.298 e. The van der Waals surface area contributed by atoms with E-state index >= 15 is 0 Å². The lowest BCUT2D eigenvalue weighted by Crippen LogP contribution is -1.92. The van der Waals surface area contributed by atoms with Gasteiger partial charge in [0, 0.05) is 0 Å². The Labute approximate surface area is 35.4 Å². The Bertz CT molecular complexity index is 76.8. The van der Waals surface area contributed by atoms with Gasteiger partial charge in [0.05, 0.1) is 0 Å². The molecular formula is CHFO3S. The van der Waals surface area contributed by atoms with Gasteiger partial charge in [-0.1, -0.05) is 0 Å². The molecule has 0 aromatic heterocycles. The largest absolute Gasteiger partial charge is 0.415 e. The van der Waals surface area contributed by atoms with Gasteiger partial charge < -0.3 is 0 Å². The number of carbonyl (C=O) groups excluding carboxylic acids is 1. The molecule has 0 spiro atoms. The van der Waals surface area contributed by atoms with E-state index in [0.29, 0.717) is 0 Å². The first-order valence-corrected chi connectivity index (χ1v) is 2.05. The van der Waals surface area contributed by atoms with Crippen LogP contribution in [0.2, 0.25) is 0 Å². The van der Waals surface area contributed by atoms with Crippen molar-refractivity contribution in [1.29, 1.82) is 0 Å². The van der Waals surface area contributed by atoms with Crippen LogP contribution in [0.25, 0.3) is 0 Å². The van der Waals surface area contributed by atoms with Gasteiger partial charge in [0.15, 0.2) is 0 Å². The van der Waals surface area contributed by atoms with E-state index in [2.05, 4.69) is 0 Å². The Balaban J connectivity index is 3.57. The first kappa shape index (κ1) is 5.71. The second-order valence-electron chi connectivity index (χ2n) is 0.487. The van der Waals surface area contributed by atoms with Crippen molar-refractivity contribution in [3.05, 3.63) is 0 Å². The van der Waals surface area contributed by atoms with Gasteiger partial charge in [-0.05, 0) is 0 Å². The quantitative estimate of drug-likeness (QED) is 0.362. The summed E-state index contributed by atoms with van der Waals surface area (Å²) in [7, 11) is 0. The van der Waals surface area contributed by atoms with Crippen LogP contribution in [0.3, 0.4) is 0 Å². The molecule has 0 amide bonds. The maximum Gasteiger partial charge on any atom is 0.415 e. The van der Waals surface area contributed by atoms with Gasteiger partial charge in [0.25, 0.3) is 11.1 Å². The maximum absolute atomic E-state index is 10.6. The van der Waals surface area contributed by atoms with E-state index in [1.807, 2.05) is 0 Å².